The number of carbonyl (C=O) groups is 1. The van der Waals surface area contributed by atoms with Gasteiger partial charge in [0.1, 0.15) is 5.76 Å². The average Bonchev–Trinajstić information content (AvgIpc) is 3.29. The maximum absolute atomic E-state index is 11.9. The summed E-state index contributed by atoms with van der Waals surface area (Å²) in [5.41, 5.74) is 1.98. The maximum atomic E-state index is 11.9. The van der Waals surface area contributed by atoms with E-state index in [4.69, 9.17) is 9.26 Å². The minimum absolute atomic E-state index is 0. The summed E-state index contributed by atoms with van der Waals surface area (Å²) in [6.07, 6.45) is 2.64. The van der Waals surface area contributed by atoms with Crippen molar-refractivity contribution in [1.29, 1.82) is 0 Å². The molecule has 2 rings (SSSR count). The van der Waals surface area contributed by atoms with E-state index in [0.29, 0.717) is 18.4 Å². The van der Waals surface area contributed by atoms with Crippen LogP contribution in [0.25, 0.3) is 0 Å². The maximum Gasteiger partial charge on any atom is 0.241 e. The molecule has 2 N–H and O–H groups in total. The predicted molar refractivity (Wildman–Crippen MR) is 115 cm³/mol. The van der Waals surface area contributed by atoms with Crippen LogP contribution in [0.4, 0.5) is 0 Å². The molecule has 1 saturated heterocycles. The molecule has 9 heteroatoms. The van der Waals surface area contributed by atoms with Crippen LogP contribution in [0, 0.1) is 5.92 Å². The van der Waals surface area contributed by atoms with Crippen LogP contribution in [0.3, 0.4) is 0 Å². The number of rotatable bonds is 8. The molecule has 1 aliphatic rings. The number of hydrogen-bond acceptors (Lipinski definition) is 5. The number of aliphatic imine (C=N–C) groups is 1. The minimum Gasteiger partial charge on any atom is -0.381 e. The molecule has 27 heavy (non-hydrogen) atoms. The third kappa shape index (κ3) is 7.28. The van der Waals surface area contributed by atoms with Gasteiger partial charge in [-0.2, -0.15) is 0 Å². The molecule has 8 nitrogen and oxygen atoms in total. The molecule has 2 heterocycles. The van der Waals surface area contributed by atoms with Gasteiger partial charge in [-0.1, -0.05) is 19.0 Å². The summed E-state index contributed by atoms with van der Waals surface area (Å²) < 4.78 is 10.8. The van der Waals surface area contributed by atoms with Crippen molar-refractivity contribution in [2.75, 3.05) is 40.4 Å². The van der Waals surface area contributed by atoms with Gasteiger partial charge in [0.25, 0.3) is 0 Å². The smallest absolute Gasteiger partial charge is 0.241 e. The normalized spacial score (nSPS) is 16.7. The topological polar surface area (TPSA) is 92.0 Å². The van der Waals surface area contributed by atoms with E-state index in [1.807, 2.05) is 6.92 Å². The van der Waals surface area contributed by atoms with E-state index in [2.05, 4.69) is 27.7 Å². The predicted octanol–water partition coefficient (Wildman–Crippen LogP) is 1.58. The van der Waals surface area contributed by atoms with Gasteiger partial charge in [0, 0.05) is 45.1 Å². The van der Waals surface area contributed by atoms with Crippen LogP contribution < -0.4 is 10.6 Å². The van der Waals surface area contributed by atoms with Crippen molar-refractivity contribution in [1.82, 2.24) is 20.7 Å². The van der Waals surface area contributed by atoms with E-state index in [0.717, 1.165) is 56.0 Å². The number of likely N-dealkylation sites (N-methyl/N-ethyl adjacent to an activating group) is 1. The zero-order valence-electron chi connectivity index (χ0n) is 16.7. The van der Waals surface area contributed by atoms with E-state index in [1.54, 1.807) is 19.0 Å². The van der Waals surface area contributed by atoms with E-state index >= 15 is 0 Å². The lowest BCUT2D eigenvalue weighted by molar-refractivity contribution is -0.127. The summed E-state index contributed by atoms with van der Waals surface area (Å²) in [6, 6.07) is 0. The Balaban J connectivity index is 0.00000364. The lowest BCUT2D eigenvalue weighted by Gasteiger charge is -2.16. The summed E-state index contributed by atoms with van der Waals surface area (Å²) >= 11 is 0. The highest BCUT2D eigenvalue weighted by molar-refractivity contribution is 14.0. The molecule has 1 aromatic rings. The highest BCUT2D eigenvalue weighted by Gasteiger charge is 2.17. The molecule has 1 fully saturated rings. The van der Waals surface area contributed by atoms with Crippen LogP contribution in [-0.4, -0.2) is 62.3 Å². The molecule has 1 unspecified atom stereocenters. The standard InChI is InChI=1S/C18H31N5O3.HI/c1-5-15-14(16(6-2)26-22-15)10-20-18(21-11-17(24)23(3)4)19-9-13-7-8-25-12-13;/h13H,5-12H2,1-4H3,(H2,19,20,21);1H. The highest BCUT2D eigenvalue weighted by atomic mass is 127. The van der Waals surface area contributed by atoms with Crippen molar-refractivity contribution < 1.29 is 14.1 Å². The molecule has 0 radical (unpaired) electrons. The first-order valence-electron chi connectivity index (χ1n) is 9.31. The molecule has 0 aromatic carbocycles. The Morgan fingerprint density at radius 1 is 1.30 bits per heavy atom. The molecule has 154 valence electrons. The fourth-order valence-electron chi connectivity index (χ4n) is 2.75. The van der Waals surface area contributed by atoms with E-state index in [9.17, 15) is 4.79 Å². The first-order chi connectivity index (χ1) is 12.5. The number of amides is 1. The van der Waals surface area contributed by atoms with Crippen molar-refractivity contribution in [3.63, 3.8) is 0 Å². The quantitative estimate of drug-likeness (QED) is 0.325. The highest BCUT2D eigenvalue weighted by Crippen LogP contribution is 2.17. The third-order valence-electron chi connectivity index (χ3n) is 4.49. The van der Waals surface area contributed by atoms with Crippen LogP contribution in [0.1, 0.15) is 37.3 Å². The van der Waals surface area contributed by atoms with Gasteiger partial charge in [0.2, 0.25) is 5.91 Å². The second kappa shape index (κ2) is 12.2. The van der Waals surface area contributed by atoms with Crippen LogP contribution in [0.5, 0.6) is 0 Å². The van der Waals surface area contributed by atoms with Gasteiger partial charge >= 0.3 is 0 Å². The summed E-state index contributed by atoms with van der Waals surface area (Å²) in [6.45, 7) is 7.12. The Labute approximate surface area is 178 Å². The molecule has 1 atom stereocenters. The largest absolute Gasteiger partial charge is 0.381 e. The van der Waals surface area contributed by atoms with E-state index in [-0.39, 0.29) is 36.4 Å². The number of carbonyl (C=O) groups excluding carboxylic acids is 1. The first-order valence-corrected chi connectivity index (χ1v) is 9.31. The number of hydrogen-bond donors (Lipinski definition) is 2. The van der Waals surface area contributed by atoms with Crippen LogP contribution in [0.15, 0.2) is 9.52 Å². The SMILES string of the molecule is CCc1noc(CC)c1CN=C(NCC(=O)N(C)C)NCC1CCOC1.I. The van der Waals surface area contributed by atoms with Gasteiger partial charge in [-0.3, -0.25) is 4.79 Å². The van der Waals surface area contributed by atoms with Gasteiger partial charge < -0.3 is 24.8 Å². The fraction of sp³-hybridized carbons (Fsp3) is 0.722. The molecular weight excluding hydrogens is 461 g/mol. The number of aromatic nitrogens is 1. The van der Waals surface area contributed by atoms with Crippen LogP contribution in [0.2, 0.25) is 0 Å². The Morgan fingerprint density at radius 2 is 2.07 bits per heavy atom. The molecular formula is C18H32IN5O3. The minimum atomic E-state index is -0.00262. The number of halogens is 1. The number of aryl methyl sites for hydroxylation is 2. The van der Waals surface area contributed by atoms with Crippen LogP contribution in [-0.2, 0) is 28.9 Å². The zero-order valence-corrected chi connectivity index (χ0v) is 19.0. The molecule has 1 aliphatic heterocycles. The average molecular weight is 493 g/mol. The number of nitrogens with one attached hydrogen (secondary N) is 2. The molecule has 0 bridgehead atoms. The van der Waals surface area contributed by atoms with Gasteiger partial charge in [0.05, 0.1) is 25.4 Å². The lowest BCUT2D eigenvalue weighted by atomic mass is 10.1. The van der Waals surface area contributed by atoms with Gasteiger partial charge in [-0.15, -0.1) is 24.0 Å². The third-order valence-corrected chi connectivity index (χ3v) is 4.49. The molecule has 0 aliphatic carbocycles. The second-order valence-corrected chi connectivity index (χ2v) is 6.66. The number of ether oxygens (including phenoxy) is 1. The summed E-state index contributed by atoms with van der Waals surface area (Å²) in [5.74, 6) is 1.97. The Kier molecular flexibility index (Phi) is 10.7. The Hall–Kier alpha value is -1.36. The van der Waals surface area contributed by atoms with Gasteiger partial charge in [-0.25, -0.2) is 4.99 Å². The summed E-state index contributed by atoms with van der Waals surface area (Å²) in [5, 5.41) is 10.6. The molecule has 0 saturated carbocycles. The van der Waals surface area contributed by atoms with E-state index in [1.165, 1.54) is 0 Å². The monoisotopic (exact) mass is 493 g/mol. The fourth-order valence-corrected chi connectivity index (χ4v) is 2.75. The first kappa shape index (κ1) is 23.7. The van der Waals surface area contributed by atoms with Crippen LogP contribution >= 0.6 is 24.0 Å². The Morgan fingerprint density at radius 3 is 2.67 bits per heavy atom. The molecule has 0 spiro atoms. The summed E-state index contributed by atoms with van der Waals surface area (Å²) in [4.78, 5) is 18.1. The van der Waals surface area contributed by atoms with Crippen molar-refractivity contribution >= 4 is 35.8 Å². The number of nitrogens with zero attached hydrogens (tertiary/aromatic N) is 3. The van der Waals surface area contributed by atoms with Crippen molar-refractivity contribution in [3.8, 4) is 0 Å². The zero-order chi connectivity index (χ0) is 18.9. The van der Waals surface area contributed by atoms with Crippen molar-refractivity contribution in [2.45, 2.75) is 39.7 Å². The van der Waals surface area contributed by atoms with Crippen molar-refractivity contribution in [3.05, 3.63) is 17.0 Å². The Bertz CT molecular complexity index is 591. The van der Waals surface area contributed by atoms with E-state index < -0.39 is 0 Å². The molecule has 1 amide bonds. The van der Waals surface area contributed by atoms with Gasteiger partial charge in [0.15, 0.2) is 5.96 Å². The lowest BCUT2D eigenvalue weighted by Crippen LogP contribution is -2.44. The van der Waals surface area contributed by atoms with Crippen molar-refractivity contribution in [2.24, 2.45) is 10.9 Å². The number of guanidine groups is 1. The summed E-state index contributed by atoms with van der Waals surface area (Å²) in [7, 11) is 3.48. The molecule has 1 aromatic heterocycles. The second-order valence-electron chi connectivity index (χ2n) is 6.66. The van der Waals surface area contributed by atoms with Gasteiger partial charge in [-0.05, 0) is 12.8 Å².